The van der Waals surface area contributed by atoms with Gasteiger partial charge in [-0.1, -0.05) is 24.3 Å². The number of para-hydroxylation sites is 3. The molecule has 0 N–H and O–H groups in total. The number of nitro groups is 1. The Morgan fingerprint density at radius 1 is 1.21 bits per heavy atom. The van der Waals surface area contributed by atoms with Crippen molar-refractivity contribution in [2.75, 3.05) is 0 Å². The molecule has 0 atom stereocenters. The molecule has 0 aliphatic carbocycles. The second kappa shape index (κ2) is 5.19. The van der Waals surface area contributed by atoms with Crippen molar-refractivity contribution < 1.29 is 9.66 Å². The quantitative estimate of drug-likeness (QED) is 0.619. The summed E-state index contributed by atoms with van der Waals surface area (Å²) in [4.78, 5) is 10.4. The average molecular weight is 254 g/mol. The summed E-state index contributed by atoms with van der Waals surface area (Å²) in [7, 11) is 0. The van der Waals surface area contributed by atoms with Gasteiger partial charge in [0.25, 0.3) is 0 Å². The molecule has 5 nitrogen and oxygen atoms in total. The zero-order chi connectivity index (χ0) is 13.8. The van der Waals surface area contributed by atoms with Crippen LogP contribution in [0.4, 0.5) is 5.69 Å². The van der Waals surface area contributed by atoms with Crippen molar-refractivity contribution in [2.24, 2.45) is 0 Å². The molecule has 0 bridgehead atoms. The SMILES string of the molecule is Cc1cccc(C#N)c1Oc1ccccc1[N+](=O)[O-]. The molecule has 0 saturated carbocycles. The molecular weight excluding hydrogens is 244 g/mol. The van der Waals surface area contributed by atoms with Crippen LogP contribution in [0.5, 0.6) is 11.5 Å². The number of ether oxygens (including phenoxy) is 1. The molecule has 19 heavy (non-hydrogen) atoms. The molecule has 0 aromatic heterocycles. The van der Waals surface area contributed by atoms with E-state index < -0.39 is 4.92 Å². The van der Waals surface area contributed by atoms with Crippen LogP contribution < -0.4 is 4.74 Å². The van der Waals surface area contributed by atoms with Crippen LogP contribution in [0, 0.1) is 28.4 Å². The van der Waals surface area contributed by atoms with E-state index in [9.17, 15) is 10.1 Å². The summed E-state index contributed by atoms with van der Waals surface area (Å²) in [6.07, 6.45) is 0. The van der Waals surface area contributed by atoms with Gasteiger partial charge in [0.2, 0.25) is 5.75 Å². The second-order valence-electron chi connectivity index (χ2n) is 3.89. The van der Waals surface area contributed by atoms with E-state index in [0.29, 0.717) is 11.3 Å². The van der Waals surface area contributed by atoms with Crippen LogP contribution >= 0.6 is 0 Å². The summed E-state index contributed by atoms with van der Waals surface area (Å²) >= 11 is 0. The van der Waals surface area contributed by atoms with Gasteiger partial charge in [0.1, 0.15) is 11.8 Å². The molecule has 5 heteroatoms. The number of rotatable bonds is 3. The van der Waals surface area contributed by atoms with Crippen LogP contribution in [-0.4, -0.2) is 4.92 Å². The molecule has 0 aliphatic rings. The highest BCUT2D eigenvalue weighted by Crippen LogP contribution is 2.34. The molecule has 0 fully saturated rings. The lowest BCUT2D eigenvalue weighted by molar-refractivity contribution is -0.385. The number of aryl methyl sites for hydroxylation is 1. The van der Waals surface area contributed by atoms with Gasteiger partial charge in [-0.25, -0.2) is 0 Å². The fourth-order valence-corrected chi connectivity index (χ4v) is 1.68. The van der Waals surface area contributed by atoms with Crippen molar-refractivity contribution in [2.45, 2.75) is 6.92 Å². The normalized spacial score (nSPS) is 9.68. The van der Waals surface area contributed by atoms with Gasteiger partial charge in [-0.05, 0) is 24.6 Å². The second-order valence-corrected chi connectivity index (χ2v) is 3.89. The van der Waals surface area contributed by atoms with Gasteiger partial charge in [-0.3, -0.25) is 10.1 Å². The monoisotopic (exact) mass is 254 g/mol. The molecule has 2 rings (SSSR count). The van der Waals surface area contributed by atoms with Crippen molar-refractivity contribution in [1.82, 2.24) is 0 Å². The van der Waals surface area contributed by atoms with E-state index in [-0.39, 0.29) is 11.4 Å². The Morgan fingerprint density at radius 3 is 2.63 bits per heavy atom. The molecule has 0 spiro atoms. The van der Waals surface area contributed by atoms with Gasteiger partial charge >= 0.3 is 5.69 Å². The number of hydrogen-bond acceptors (Lipinski definition) is 4. The van der Waals surface area contributed by atoms with Crippen LogP contribution in [0.3, 0.4) is 0 Å². The summed E-state index contributed by atoms with van der Waals surface area (Å²) < 4.78 is 5.56. The number of benzene rings is 2. The van der Waals surface area contributed by atoms with Gasteiger partial charge in [0.15, 0.2) is 0 Å². The Labute approximate surface area is 109 Å². The van der Waals surface area contributed by atoms with E-state index in [1.807, 2.05) is 6.07 Å². The van der Waals surface area contributed by atoms with Gasteiger partial charge in [-0.15, -0.1) is 0 Å². The molecule has 0 radical (unpaired) electrons. The molecule has 0 unspecified atom stereocenters. The fraction of sp³-hybridized carbons (Fsp3) is 0.0714. The summed E-state index contributed by atoms with van der Waals surface area (Å²) in [6, 6.07) is 13.2. The lowest BCUT2D eigenvalue weighted by atomic mass is 10.1. The maximum atomic E-state index is 10.9. The number of nitro benzene ring substituents is 1. The highest BCUT2D eigenvalue weighted by Gasteiger charge is 2.16. The van der Waals surface area contributed by atoms with Gasteiger partial charge in [0.05, 0.1) is 10.5 Å². The van der Waals surface area contributed by atoms with Crippen LogP contribution in [-0.2, 0) is 0 Å². The van der Waals surface area contributed by atoms with Crippen LogP contribution in [0.15, 0.2) is 42.5 Å². The zero-order valence-corrected chi connectivity index (χ0v) is 10.2. The van der Waals surface area contributed by atoms with Crippen molar-refractivity contribution in [3.8, 4) is 17.6 Å². The first kappa shape index (κ1) is 12.6. The molecule has 2 aromatic rings. The van der Waals surface area contributed by atoms with E-state index in [1.54, 1.807) is 37.3 Å². The van der Waals surface area contributed by atoms with Crippen molar-refractivity contribution in [1.29, 1.82) is 5.26 Å². The van der Waals surface area contributed by atoms with E-state index in [2.05, 4.69) is 0 Å². The average Bonchev–Trinajstić information content (AvgIpc) is 2.41. The van der Waals surface area contributed by atoms with Gasteiger partial charge in [0, 0.05) is 6.07 Å². The molecular formula is C14H10N2O3. The van der Waals surface area contributed by atoms with Gasteiger partial charge < -0.3 is 4.74 Å². The van der Waals surface area contributed by atoms with E-state index in [1.165, 1.54) is 12.1 Å². The number of hydrogen-bond donors (Lipinski definition) is 0. The minimum atomic E-state index is -0.514. The third kappa shape index (κ3) is 2.53. The molecule has 2 aromatic carbocycles. The van der Waals surface area contributed by atoms with Gasteiger partial charge in [-0.2, -0.15) is 5.26 Å². The Bertz CT molecular complexity index is 675. The lowest BCUT2D eigenvalue weighted by Gasteiger charge is -2.10. The topological polar surface area (TPSA) is 76.2 Å². The van der Waals surface area contributed by atoms with E-state index >= 15 is 0 Å². The Hall–Kier alpha value is -2.87. The largest absolute Gasteiger partial charge is 0.448 e. The Kier molecular flexibility index (Phi) is 3.44. The maximum absolute atomic E-state index is 10.9. The minimum Gasteiger partial charge on any atom is -0.448 e. The molecule has 0 saturated heterocycles. The standard InChI is InChI=1S/C14H10N2O3/c1-10-5-4-6-11(9-15)14(10)19-13-8-3-2-7-12(13)16(17)18/h2-8H,1H3. The predicted molar refractivity (Wildman–Crippen MR) is 69.1 cm³/mol. The third-order valence-corrected chi connectivity index (χ3v) is 2.61. The lowest BCUT2D eigenvalue weighted by Crippen LogP contribution is -1.96. The number of nitriles is 1. The highest BCUT2D eigenvalue weighted by molar-refractivity contribution is 5.53. The van der Waals surface area contributed by atoms with Crippen molar-refractivity contribution >= 4 is 5.69 Å². The highest BCUT2D eigenvalue weighted by atomic mass is 16.6. The Morgan fingerprint density at radius 2 is 1.95 bits per heavy atom. The first-order valence-electron chi connectivity index (χ1n) is 5.54. The summed E-state index contributed by atoms with van der Waals surface area (Å²) in [5.74, 6) is 0.470. The third-order valence-electron chi connectivity index (χ3n) is 2.61. The molecule has 0 amide bonds. The molecule has 0 heterocycles. The van der Waals surface area contributed by atoms with Crippen LogP contribution in [0.25, 0.3) is 0 Å². The van der Waals surface area contributed by atoms with Crippen LogP contribution in [0.2, 0.25) is 0 Å². The van der Waals surface area contributed by atoms with Crippen molar-refractivity contribution in [3.63, 3.8) is 0 Å². The summed E-state index contributed by atoms with van der Waals surface area (Å²) in [5, 5.41) is 19.9. The van der Waals surface area contributed by atoms with E-state index in [4.69, 9.17) is 10.00 Å². The Balaban J connectivity index is 2.49. The van der Waals surface area contributed by atoms with E-state index in [0.717, 1.165) is 5.56 Å². The van der Waals surface area contributed by atoms with Crippen molar-refractivity contribution in [3.05, 3.63) is 63.7 Å². The number of nitrogens with zero attached hydrogens (tertiary/aromatic N) is 2. The maximum Gasteiger partial charge on any atom is 0.311 e. The van der Waals surface area contributed by atoms with Crippen LogP contribution in [0.1, 0.15) is 11.1 Å². The first-order valence-corrected chi connectivity index (χ1v) is 5.54. The first-order chi connectivity index (χ1) is 9.13. The summed E-state index contributed by atoms with van der Waals surface area (Å²) in [6.45, 7) is 1.78. The minimum absolute atomic E-state index is 0.123. The molecule has 0 aliphatic heterocycles. The summed E-state index contributed by atoms with van der Waals surface area (Å²) in [5.41, 5.74) is 0.963. The predicted octanol–water partition coefficient (Wildman–Crippen LogP) is 3.57. The molecule has 94 valence electrons. The fourth-order valence-electron chi connectivity index (χ4n) is 1.68. The smallest absolute Gasteiger partial charge is 0.311 e. The zero-order valence-electron chi connectivity index (χ0n) is 10.2.